The van der Waals surface area contributed by atoms with E-state index in [2.05, 4.69) is 0 Å². The zero-order valence-electron chi connectivity index (χ0n) is 6.02. The monoisotopic (exact) mass is 176 g/mol. The lowest BCUT2D eigenvalue weighted by molar-refractivity contribution is 0.151. The highest BCUT2D eigenvalue weighted by atomic mass is 19.3. The number of nitrogens with one attached hydrogen (secondary N) is 1. The molecule has 0 aromatic heterocycles. The molecular weight excluding hydrogens is 169 g/mol. The molecule has 0 spiro atoms. The maximum Gasteiger partial charge on any atom is 0.263 e. The van der Waals surface area contributed by atoms with E-state index >= 15 is 0 Å². The van der Waals surface area contributed by atoms with Gasteiger partial charge in [0.1, 0.15) is 5.82 Å². The van der Waals surface area contributed by atoms with Crippen LogP contribution in [-0.2, 0) is 0 Å². The highest BCUT2D eigenvalue weighted by molar-refractivity contribution is 5.46. The van der Waals surface area contributed by atoms with Crippen molar-refractivity contribution in [2.45, 2.75) is 6.43 Å². The van der Waals surface area contributed by atoms with Gasteiger partial charge in [0.2, 0.25) is 0 Å². The van der Waals surface area contributed by atoms with Gasteiger partial charge in [-0.15, -0.1) is 0 Å². The van der Waals surface area contributed by atoms with Crippen LogP contribution in [0.15, 0.2) is 18.2 Å². The average Bonchev–Trinajstić information content (AvgIpc) is 2.05. The summed E-state index contributed by atoms with van der Waals surface area (Å²) in [6.45, 7) is 0. The van der Waals surface area contributed by atoms with Crippen LogP contribution in [0.5, 0.6) is 0 Å². The van der Waals surface area contributed by atoms with E-state index in [1.54, 1.807) is 0 Å². The molecule has 12 heavy (non-hydrogen) atoms. The number of hydrogen-bond donors (Lipinski definition) is 2. The minimum atomic E-state index is -2.61. The van der Waals surface area contributed by atoms with Crippen LogP contribution in [0.2, 0.25) is 0 Å². The Hall–Kier alpha value is -1.23. The number of hydrazine groups is 1. The van der Waals surface area contributed by atoms with Crippen LogP contribution < -0.4 is 11.3 Å². The van der Waals surface area contributed by atoms with E-state index in [0.717, 1.165) is 18.2 Å². The maximum absolute atomic E-state index is 12.6. The molecule has 0 fully saturated rings. The molecular formula is C7H7F3N2. The number of nitrogens with two attached hydrogens (primary N) is 1. The lowest BCUT2D eigenvalue weighted by atomic mass is 10.2. The quantitative estimate of drug-likeness (QED) is 0.534. The number of rotatable bonds is 2. The molecule has 1 rings (SSSR count). The van der Waals surface area contributed by atoms with E-state index in [1.165, 1.54) is 0 Å². The summed E-state index contributed by atoms with van der Waals surface area (Å²) >= 11 is 0. The fourth-order valence-electron chi connectivity index (χ4n) is 0.789. The summed E-state index contributed by atoms with van der Waals surface area (Å²) in [5.74, 6) is 4.23. The third-order valence-electron chi connectivity index (χ3n) is 1.40. The molecule has 0 amide bonds. The van der Waals surface area contributed by atoms with Crippen molar-refractivity contribution in [3.05, 3.63) is 29.6 Å². The van der Waals surface area contributed by atoms with Crippen LogP contribution in [0.25, 0.3) is 0 Å². The highest BCUT2D eigenvalue weighted by Crippen LogP contribution is 2.23. The molecule has 3 N–H and O–H groups in total. The molecule has 0 saturated carbocycles. The van der Waals surface area contributed by atoms with Crippen molar-refractivity contribution in [2.24, 2.45) is 5.84 Å². The summed E-state index contributed by atoms with van der Waals surface area (Å²) in [7, 11) is 0. The van der Waals surface area contributed by atoms with E-state index in [0.29, 0.717) is 0 Å². The minimum Gasteiger partial charge on any atom is -0.321 e. The summed E-state index contributed by atoms with van der Waals surface area (Å²) in [6.07, 6.45) is -2.61. The molecule has 1 aromatic carbocycles. The third kappa shape index (κ3) is 1.68. The largest absolute Gasteiger partial charge is 0.321 e. The van der Waals surface area contributed by atoms with Gasteiger partial charge in [0.25, 0.3) is 6.43 Å². The summed E-state index contributed by atoms with van der Waals surface area (Å²) in [6, 6.07) is 2.93. The maximum atomic E-state index is 12.6. The van der Waals surface area contributed by atoms with Crippen LogP contribution in [0.1, 0.15) is 12.0 Å². The Bertz CT molecular complexity index is 275. The van der Waals surface area contributed by atoms with E-state index in [4.69, 9.17) is 5.84 Å². The topological polar surface area (TPSA) is 38.0 Å². The van der Waals surface area contributed by atoms with Crippen LogP contribution in [-0.4, -0.2) is 0 Å². The molecule has 5 heteroatoms. The Morgan fingerprint density at radius 1 is 1.33 bits per heavy atom. The molecule has 0 aliphatic heterocycles. The Balaban J connectivity index is 3.05. The SMILES string of the molecule is NNc1cc(C(F)F)ccc1F. The van der Waals surface area contributed by atoms with Crippen molar-refractivity contribution < 1.29 is 13.2 Å². The molecule has 0 unspecified atom stereocenters. The first-order valence-electron chi connectivity index (χ1n) is 3.19. The molecule has 0 saturated heterocycles. The summed E-state index contributed by atoms with van der Waals surface area (Å²) in [5.41, 5.74) is 1.59. The minimum absolute atomic E-state index is 0.132. The molecule has 0 heterocycles. The van der Waals surface area contributed by atoms with Crippen molar-refractivity contribution in [1.82, 2.24) is 0 Å². The average molecular weight is 176 g/mol. The van der Waals surface area contributed by atoms with Gasteiger partial charge in [-0.25, -0.2) is 13.2 Å². The summed E-state index contributed by atoms with van der Waals surface area (Å²) < 4.78 is 36.7. The fraction of sp³-hybridized carbons (Fsp3) is 0.143. The Kier molecular flexibility index (Phi) is 2.54. The number of hydrogen-bond acceptors (Lipinski definition) is 2. The molecule has 0 atom stereocenters. The van der Waals surface area contributed by atoms with Crippen molar-refractivity contribution in [2.75, 3.05) is 5.43 Å². The van der Waals surface area contributed by atoms with Gasteiger partial charge in [-0.3, -0.25) is 5.84 Å². The van der Waals surface area contributed by atoms with Crippen LogP contribution in [0, 0.1) is 5.82 Å². The predicted molar refractivity (Wildman–Crippen MR) is 39.2 cm³/mol. The highest BCUT2D eigenvalue weighted by Gasteiger charge is 2.09. The van der Waals surface area contributed by atoms with Crippen molar-refractivity contribution in [1.29, 1.82) is 0 Å². The molecule has 2 nitrogen and oxygen atoms in total. The van der Waals surface area contributed by atoms with Gasteiger partial charge in [0.05, 0.1) is 5.69 Å². The van der Waals surface area contributed by atoms with Gasteiger partial charge in [-0.2, -0.15) is 0 Å². The smallest absolute Gasteiger partial charge is 0.263 e. The third-order valence-corrected chi connectivity index (χ3v) is 1.40. The zero-order chi connectivity index (χ0) is 9.14. The van der Waals surface area contributed by atoms with Crippen LogP contribution in [0.3, 0.4) is 0 Å². The molecule has 1 aromatic rings. The second-order valence-corrected chi connectivity index (χ2v) is 2.18. The van der Waals surface area contributed by atoms with Crippen molar-refractivity contribution in [3.63, 3.8) is 0 Å². The van der Waals surface area contributed by atoms with E-state index in [9.17, 15) is 13.2 Å². The number of nitrogen functional groups attached to an aromatic ring is 1. The van der Waals surface area contributed by atoms with Gasteiger partial charge in [0, 0.05) is 5.56 Å². The second kappa shape index (κ2) is 3.44. The van der Waals surface area contributed by atoms with Gasteiger partial charge >= 0.3 is 0 Å². The second-order valence-electron chi connectivity index (χ2n) is 2.18. The first-order valence-corrected chi connectivity index (χ1v) is 3.19. The van der Waals surface area contributed by atoms with Gasteiger partial charge < -0.3 is 5.43 Å². The molecule has 0 radical (unpaired) electrons. The van der Waals surface area contributed by atoms with Crippen molar-refractivity contribution >= 4 is 5.69 Å². The van der Waals surface area contributed by atoms with Crippen LogP contribution >= 0.6 is 0 Å². The normalized spacial score (nSPS) is 10.4. The van der Waals surface area contributed by atoms with Gasteiger partial charge in [0.15, 0.2) is 0 Å². The van der Waals surface area contributed by atoms with Crippen LogP contribution in [0.4, 0.5) is 18.9 Å². The van der Waals surface area contributed by atoms with E-state index < -0.39 is 12.2 Å². The number of halogens is 3. The number of benzene rings is 1. The number of anilines is 1. The Morgan fingerprint density at radius 2 is 2.00 bits per heavy atom. The first kappa shape index (κ1) is 8.86. The molecule has 0 aliphatic rings. The summed E-state index contributed by atoms with van der Waals surface area (Å²) in [4.78, 5) is 0. The van der Waals surface area contributed by atoms with E-state index in [-0.39, 0.29) is 11.3 Å². The van der Waals surface area contributed by atoms with E-state index in [1.807, 2.05) is 5.43 Å². The van der Waals surface area contributed by atoms with Gasteiger partial charge in [-0.1, -0.05) is 6.07 Å². The Labute approximate surface area is 67.2 Å². The number of alkyl halides is 2. The standard InChI is InChI=1S/C7H7F3N2/c8-5-2-1-4(7(9)10)3-6(5)12-11/h1-3,7,12H,11H2. The summed E-state index contributed by atoms with van der Waals surface area (Å²) in [5, 5.41) is 0. The van der Waals surface area contributed by atoms with Crippen molar-refractivity contribution in [3.8, 4) is 0 Å². The molecule has 66 valence electrons. The zero-order valence-corrected chi connectivity index (χ0v) is 6.02. The fourth-order valence-corrected chi connectivity index (χ4v) is 0.789. The van der Waals surface area contributed by atoms with Gasteiger partial charge in [-0.05, 0) is 12.1 Å². The molecule has 0 bridgehead atoms. The molecule has 0 aliphatic carbocycles. The predicted octanol–water partition coefficient (Wildman–Crippen LogP) is 2.05. The lowest BCUT2D eigenvalue weighted by Crippen LogP contribution is -2.08. The first-order chi connectivity index (χ1) is 5.65. The lowest BCUT2D eigenvalue weighted by Gasteiger charge is -2.04. The Morgan fingerprint density at radius 3 is 2.50 bits per heavy atom.